The third kappa shape index (κ3) is 3.19. The molecule has 104 valence electrons. The van der Waals surface area contributed by atoms with Crippen LogP contribution in [0, 0.1) is 15.9 Å². The molecule has 0 aliphatic carbocycles. The molecule has 0 saturated heterocycles. The number of nitro groups is 1. The van der Waals surface area contributed by atoms with E-state index in [0.717, 1.165) is 17.8 Å². The van der Waals surface area contributed by atoms with Gasteiger partial charge in [0, 0.05) is 12.6 Å². The van der Waals surface area contributed by atoms with Crippen molar-refractivity contribution in [3.63, 3.8) is 0 Å². The van der Waals surface area contributed by atoms with E-state index >= 15 is 0 Å². The molecule has 0 amide bonds. The number of hydrogen-bond donors (Lipinski definition) is 1. The van der Waals surface area contributed by atoms with Crippen molar-refractivity contribution in [3.8, 4) is 11.5 Å². The van der Waals surface area contributed by atoms with Gasteiger partial charge in [-0.3, -0.25) is 15.1 Å². The van der Waals surface area contributed by atoms with Crippen molar-refractivity contribution < 1.29 is 14.1 Å². The fourth-order valence-corrected chi connectivity index (χ4v) is 1.62. The maximum Gasteiger partial charge on any atom is 0.314 e. The molecule has 0 fully saturated rings. The van der Waals surface area contributed by atoms with Gasteiger partial charge in [-0.2, -0.15) is 0 Å². The smallest absolute Gasteiger partial charge is 0.314 e. The summed E-state index contributed by atoms with van der Waals surface area (Å²) in [7, 11) is 0. The summed E-state index contributed by atoms with van der Waals surface area (Å²) in [6, 6.07) is 4.79. The normalized spacial score (nSPS) is 10.1. The number of ether oxygens (including phenoxy) is 1. The van der Waals surface area contributed by atoms with Crippen LogP contribution in [0.4, 0.5) is 15.8 Å². The first-order valence-corrected chi connectivity index (χ1v) is 5.91. The standard InChI is InChI=1S/C13H12FN3O3/c1-2-16-10-6-11(8-15-7-10)20-13-4-3-9(14)5-12(13)17(18)19/h3-8,16H,2H2,1H3. The van der Waals surface area contributed by atoms with Crippen LogP contribution in [-0.2, 0) is 0 Å². The Morgan fingerprint density at radius 1 is 1.40 bits per heavy atom. The number of nitrogens with zero attached hydrogens (tertiary/aromatic N) is 2. The average Bonchev–Trinajstić information content (AvgIpc) is 2.41. The number of aromatic nitrogens is 1. The molecule has 1 N–H and O–H groups in total. The number of hydrogen-bond acceptors (Lipinski definition) is 5. The molecule has 1 aromatic carbocycles. The summed E-state index contributed by atoms with van der Waals surface area (Å²) in [5.74, 6) is -0.395. The number of pyridine rings is 1. The van der Waals surface area contributed by atoms with Gasteiger partial charge in [0.25, 0.3) is 0 Å². The molecular weight excluding hydrogens is 265 g/mol. The first-order valence-electron chi connectivity index (χ1n) is 5.91. The number of halogens is 1. The Labute approximate surface area is 114 Å². The number of nitrogens with one attached hydrogen (secondary N) is 1. The van der Waals surface area contributed by atoms with E-state index in [1.54, 1.807) is 12.3 Å². The molecule has 0 radical (unpaired) electrons. The van der Waals surface area contributed by atoms with E-state index in [2.05, 4.69) is 10.3 Å². The lowest BCUT2D eigenvalue weighted by atomic mass is 10.3. The fraction of sp³-hybridized carbons (Fsp3) is 0.154. The summed E-state index contributed by atoms with van der Waals surface area (Å²) in [5, 5.41) is 13.9. The maximum atomic E-state index is 13.0. The molecule has 1 heterocycles. The minimum absolute atomic E-state index is 0.0353. The molecule has 0 bridgehead atoms. The molecule has 7 heteroatoms. The lowest BCUT2D eigenvalue weighted by Gasteiger charge is -2.08. The van der Waals surface area contributed by atoms with Crippen LogP contribution in [0.2, 0.25) is 0 Å². The van der Waals surface area contributed by atoms with Gasteiger partial charge in [-0.15, -0.1) is 0 Å². The van der Waals surface area contributed by atoms with Crippen molar-refractivity contribution in [2.45, 2.75) is 6.92 Å². The Morgan fingerprint density at radius 3 is 2.90 bits per heavy atom. The zero-order valence-corrected chi connectivity index (χ0v) is 10.7. The Bertz CT molecular complexity index is 634. The first-order chi connectivity index (χ1) is 9.60. The molecule has 0 atom stereocenters. The van der Waals surface area contributed by atoms with Crippen molar-refractivity contribution in [1.29, 1.82) is 0 Å². The van der Waals surface area contributed by atoms with Gasteiger partial charge in [0.15, 0.2) is 0 Å². The molecule has 20 heavy (non-hydrogen) atoms. The van der Waals surface area contributed by atoms with Gasteiger partial charge >= 0.3 is 5.69 Å². The zero-order valence-electron chi connectivity index (χ0n) is 10.7. The zero-order chi connectivity index (χ0) is 14.5. The van der Waals surface area contributed by atoms with Crippen molar-refractivity contribution in [2.75, 3.05) is 11.9 Å². The Balaban J connectivity index is 2.30. The Morgan fingerprint density at radius 2 is 2.20 bits per heavy atom. The summed E-state index contributed by atoms with van der Waals surface area (Å²) >= 11 is 0. The molecular formula is C13H12FN3O3. The SMILES string of the molecule is CCNc1cncc(Oc2ccc(F)cc2[N+](=O)[O-])c1. The molecule has 0 aliphatic rings. The highest BCUT2D eigenvalue weighted by atomic mass is 19.1. The number of anilines is 1. The van der Waals surface area contributed by atoms with Crippen molar-refractivity contribution >= 4 is 11.4 Å². The summed E-state index contributed by atoms with van der Waals surface area (Å²) in [6.07, 6.45) is 3.03. The first kappa shape index (κ1) is 13.7. The van der Waals surface area contributed by atoms with Gasteiger partial charge in [0.1, 0.15) is 11.6 Å². The summed E-state index contributed by atoms with van der Waals surface area (Å²) in [5.41, 5.74) is 0.300. The molecule has 2 rings (SSSR count). The van der Waals surface area contributed by atoms with Crippen LogP contribution in [0.5, 0.6) is 11.5 Å². The number of nitro benzene ring substituents is 1. The largest absolute Gasteiger partial charge is 0.448 e. The predicted molar refractivity (Wildman–Crippen MR) is 71.5 cm³/mol. The van der Waals surface area contributed by atoms with Crippen molar-refractivity contribution in [1.82, 2.24) is 4.98 Å². The highest BCUT2D eigenvalue weighted by molar-refractivity contribution is 5.51. The van der Waals surface area contributed by atoms with E-state index in [4.69, 9.17) is 4.74 Å². The van der Waals surface area contributed by atoms with E-state index in [1.165, 1.54) is 12.3 Å². The molecule has 0 unspecified atom stereocenters. The molecule has 0 spiro atoms. The molecule has 2 aromatic rings. The van der Waals surface area contributed by atoms with E-state index in [-0.39, 0.29) is 5.75 Å². The maximum absolute atomic E-state index is 13.0. The Kier molecular flexibility index (Phi) is 4.09. The third-order valence-electron chi connectivity index (χ3n) is 2.44. The van der Waals surface area contributed by atoms with Gasteiger partial charge < -0.3 is 10.1 Å². The molecule has 1 aromatic heterocycles. The summed E-state index contributed by atoms with van der Waals surface area (Å²) in [4.78, 5) is 14.1. The number of rotatable bonds is 5. The van der Waals surface area contributed by atoms with Crippen LogP contribution >= 0.6 is 0 Å². The van der Waals surface area contributed by atoms with E-state index < -0.39 is 16.4 Å². The summed E-state index contributed by atoms with van der Waals surface area (Å²) < 4.78 is 18.4. The monoisotopic (exact) mass is 277 g/mol. The van der Waals surface area contributed by atoms with E-state index in [9.17, 15) is 14.5 Å². The predicted octanol–water partition coefficient (Wildman–Crippen LogP) is 3.35. The van der Waals surface area contributed by atoms with Crippen LogP contribution in [0.1, 0.15) is 6.92 Å². The Hall–Kier alpha value is -2.70. The highest BCUT2D eigenvalue weighted by Crippen LogP contribution is 2.32. The molecule has 0 saturated carbocycles. The minimum Gasteiger partial charge on any atom is -0.448 e. The highest BCUT2D eigenvalue weighted by Gasteiger charge is 2.17. The molecule has 0 aliphatic heterocycles. The lowest BCUT2D eigenvalue weighted by Crippen LogP contribution is -1.98. The van der Waals surface area contributed by atoms with Gasteiger partial charge in [-0.25, -0.2) is 4.39 Å². The van der Waals surface area contributed by atoms with Crippen LogP contribution in [0.25, 0.3) is 0 Å². The van der Waals surface area contributed by atoms with E-state index in [1.807, 2.05) is 6.92 Å². The second-order valence-corrected chi connectivity index (χ2v) is 3.91. The fourth-order valence-electron chi connectivity index (χ4n) is 1.62. The summed E-state index contributed by atoms with van der Waals surface area (Å²) in [6.45, 7) is 2.64. The van der Waals surface area contributed by atoms with Crippen molar-refractivity contribution in [2.24, 2.45) is 0 Å². The quantitative estimate of drug-likeness (QED) is 0.669. The van der Waals surface area contributed by atoms with Crippen LogP contribution in [-0.4, -0.2) is 16.5 Å². The van der Waals surface area contributed by atoms with Gasteiger partial charge in [0.2, 0.25) is 5.75 Å². The minimum atomic E-state index is -0.694. The van der Waals surface area contributed by atoms with Gasteiger partial charge in [-0.05, 0) is 19.1 Å². The van der Waals surface area contributed by atoms with Gasteiger partial charge in [-0.1, -0.05) is 0 Å². The van der Waals surface area contributed by atoms with Crippen LogP contribution in [0.15, 0.2) is 36.7 Å². The second kappa shape index (κ2) is 5.96. The van der Waals surface area contributed by atoms with Crippen molar-refractivity contribution in [3.05, 3.63) is 52.6 Å². The second-order valence-electron chi connectivity index (χ2n) is 3.91. The average molecular weight is 277 g/mol. The number of benzene rings is 1. The van der Waals surface area contributed by atoms with E-state index in [0.29, 0.717) is 12.3 Å². The van der Waals surface area contributed by atoms with Crippen LogP contribution < -0.4 is 10.1 Å². The lowest BCUT2D eigenvalue weighted by molar-refractivity contribution is -0.385. The van der Waals surface area contributed by atoms with Gasteiger partial charge in [0.05, 0.1) is 29.1 Å². The topological polar surface area (TPSA) is 77.3 Å². The van der Waals surface area contributed by atoms with Crippen LogP contribution in [0.3, 0.4) is 0 Å². The molecule has 6 nitrogen and oxygen atoms in total. The third-order valence-corrected chi connectivity index (χ3v) is 2.44.